The van der Waals surface area contributed by atoms with Crippen LogP contribution >= 0.6 is 0 Å². The van der Waals surface area contributed by atoms with Gasteiger partial charge >= 0.3 is 5.97 Å². The van der Waals surface area contributed by atoms with E-state index in [0.29, 0.717) is 6.42 Å². The fourth-order valence-electron chi connectivity index (χ4n) is 2.76. The van der Waals surface area contributed by atoms with E-state index < -0.39 is 0 Å². The third kappa shape index (κ3) is 4.55. The summed E-state index contributed by atoms with van der Waals surface area (Å²) in [4.78, 5) is 23.4. The number of benzene rings is 2. The molecule has 122 valence electrons. The van der Waals surface area contributed by atoms with Crippen molar-refractivity contribution in [3.63, 3.8) is 0 Å². The molecule has 1 N–H and O–H groups in total. The van der Waals surface area contributed by atoms with Gasteiger partial charge in [-0.1, -0.05) is 49.4 Å². The highest BCUT2D eigenvalue weighted by Crippen LogP contribution is 2.24. The zero-order valence-corrected chi connectivity index (χ0v) is 13.8. The van der Waals surface area contributed by atoms with Gasteiger partial charge in [0.2, 0.25) is 5.91 Å². The molecule has 0 aromatic heterocycles. The Bertz CT molecular complexity index is 691. The number of nitrogens with one attached hydrogen (secondary N) is 1. The first kappa shape index (κ1) is 17.0. The largest absolute Gasteiger partial charge is 0.469 e. The fraction of sp³-hybridized carbons (Fsp3) is 0.368. The Morgan fingerprint density at radius 1 is 1.04 bits per heavy atom. The zero-order valence-electron chi connectivity index (χ0n) is 13.8. The number of esters is 1. The van der Waals surface area contributed by atoms with E-state index in [4.69, 9.17) is 0 Å². The van der Waals surface area contributed by atoms with Crippen LogP contribution in [-0.4, -0.2) is 19.0 Å². The van der Waals surface area contributed by atoms with E-state index in [1.165, 1.54) is 7.11 Å². The molecule has 4 heteroatoms. The Balaban J connectivity index is 2.02. The van der Waals surface area contributed by atoms with Gasteiger partial charge in [0.25, 0.3) is 0 Å². The summed E-state index contributed by atoms with van der Waals surface area (Å²) in [5, 5.41) is 5.32. The summed E-state index contributed by atoms with van der Waals surface area (Å²) in [6.45, 7) is 3.85. The lowest BCUT2D eigenvalue weighted by Gasteiger charge is -2.18. The van der Waals surface area contributed by atoms with Crippen molar-refractivity contribution >= 4 is 22.6 Å². The Labute approximate surface area is 136 Å². The summed E-state index contributed by atoms with van der Waals surface area (Å²) in [5.41, 5.74) is 1.09. The topological polar surface area (TPSA) is 55.4 Å². The molecule has 0 saturated heterocycles. The van der Waals surface area contributed by atoms with Crippen LogP contribution in [0, 0.1) is 5.92 Å². The Morgan fingerprint density at radius 3 is 2.48 bits per heavy atom. The standard InChI is InChI=1S/C19H23NO3/c1-13(12-19(22)23-3)11-18(21)20-14(2)16-10-6-8-15-7-4-5-9-17(15)16/h4-10,13-14H,11-12H2,1-3H3,(H,20,21)/t13-,14-/m1/s1. The summed E-state index contributed by atoms with van der Waals surface area (Å²) in [6.07, 6.45) is 0.566. The summed E-state index contributed by atoms with van der Waals surface area (Å²) in [7, 11) is 1.36. The van der Waals surface area contributed by atoms with Crippen molar-refractivity contribution < 1.29 is 14.3 Å². The van der Waals surface area contributed by atoms with Gasteiger partial charge < -0.3 is 10.1 Å². The van der Waals surface area contributed by atoms with Crippen LogP contribution in [0.1, 0.15) is 38.3 Å². The second-order valence-electron chi connectivity index (χ2n) is 5.95. The molecule has 4 nitrogen and oxygen atoms in total. The predicted molar refractivity (Wildman–Crippen MR) is 90.9 cm³/mol. The van der Waals surface area contributed by atoms with Gasteiger partial charge in [-0.2, -0.15) is 0 Å². The van der Waals surface area contributed by atoms with E-state index in [1.54, 1.807) is 0 Å². The van der Waals surface area contributed by atoms with Crippen LogP contribution in [0.25, 0.3) is 10.8 Å². The van der Waals surface area contributed by atoms with Gasteiger partial charge in [-0.25, -0.2) is 0 Å². The molecule has 2 aromatic carbocycles. The van der Waals surface area contributed by atoms with Crippen LogP contribution in [0.2, 0.25) is 0 Å². The average molecular weight is 313 g/mol. The highest BCUT2D eigenvalue weighted by Gasteiger charge is 2.16. The molecule has 1 amide bonds. The molecule has 0 spiro atoms. The number of carbonyl (C=O) groups is 2. The molecule has 0 fully saturated rings. The van der Waals surface area contributed by atoms with Crippen molar-refractivity contribution in [2.75, 3.05) is 7.11 Å². The molecular formula is C19H23NO3. The first-order valence-electron chi connectivity index (χ1n) is 7.85. The average Bonchev–Trinajstić information content (AvgIpc) is 2.53. The maximum atomic E-state index is 12.2. The predicted octanol–water partition coefficient (Wildman–Crippen LogP) is 3.61. The maximum Gasteiger partial charge on any atom is 0.305 e. The van der Waals surface area contributed by atoms with Crippen molar-refractivity contribution in [3.8, 4) is 0 Å². The van der Waals surface area contributed by atoms with Gasteiger partial charge in [0, 0.05) is 12.8 Å². The highest BCUT2D eigenvalue weighted by molar-refractivity contribution is 5.87. The Hall–Kier alpha value is -2.36. The number of hydrogen-bond acceptors (Lipinski definition) is 3. The lowest BCUT2D eigenvalue weighted by atomic mass is 9.99. The second kappa shape index (κ2) is 7.77. The molecule has 0 heterocycles. The third-order valence-corrected chi connectivity index (χ3v) is 3.94. The van der Waals surface area contributed by atoms with Crippen LogP contribution < -0.4 is 5.32 Å². The molecule has 0 saturated carbocycles. The minimum absolute atomic E-state index is 0.0397. The summed E-state index contributed by atoms with van der Waals surface area (Å²) in [6, 6.07) is 14.1. The van der Waals surface area contributed by atoms with E-state index in [9.17, 15) is 9.59 Å². The number of rotatable bonds is 6. The van der Waals surface area contributed by atoms with Crippen molar-refractivity contribution in [3.05, 3.63) is 48.0 Å². The quantitative estimate of drug-likeness (QED) is 0.829. The monoisotopic (exact) mass is 313 g/mol. The van der Waals surface area contributed by atoms with Crippen LogP contribution in [0.4, 0.5) is 0 Å². The van der Waals surface area contributed by atoms with Gasteiger partial charge in [-0.15, -0.1) is 0 Å². The lowest BCUT2D eigenvalue weighted by Crippen LogP contribution is -2.28. The van der Waals surface area contributed by atoms with E-state index in [-0.39, 0.29) is 30.3 Å². The van der Waals surface area contributed by atoms with Gasteiger partial charge in [0.05, 0.1) is 13.2 Å². The molecule has 0 radical (unpaired) electrons. The normalized spacial score (nSPS) is 13.3. The molecule has 2 rings (SSSR count). The molecular weight excluding hydrogens is 290 g/mol. The summed E-state index contributed by atoms with van der Waals surface area (Å²) in [5.74, 6) is -0.378. The number of carbonyl (C=O) groups excluding carboxylic acids is 2. The molecule has 0 aliphatic rings. The van der Waals surface area contributed by atoms with E-state index >= 15 is 0 Å². The SMILES string of the molecule is COC(=O)C[C@H](C)CC(=O)N[C@H](C)c1cccc2ccccc12. The minimum atomic E-state index is -0.285. The minimum Gasteiger partial charge on any atom is -0.469 e. The first-order chi connectivity index (χ1) is 11.0. The van der Waals surface area contributed by atoms with Crippen molar-refractivity contribution in [2.24, 2.45) is 5.92 Å². The Kier molecular flexibility index (Phi) is 5.74. The van der Waals surface area contributed by atoms with E-state index in [0.717, 1.165) is 16.3 Å². The van der Waals surface area contributed by atoms with Crippen LogP contribution in [0.15, 0.2) is 42.5 Å². The van der Waals surface area contributed by atoms with Gasteiger partial charge in [0.1, 0.15) is 0 Å². The van der Waals surface area contributed by atoms with E-state index in [1.807, 2.05) is 38.1 Å². The van der Waals surface area contributed by atoms with Gasteiger partial charge in [-0.3, -0.25) is 9.59 Å². The molecule has 0 aliphatic carbocycles. The highest BCUT2D eigenvalue weighted by atomic mass is 16.5. The number of hydrogen-bond donors (Lipinski definition) is 1. The molecule has 0 aliphatic heterocycles. The maximum absolute atomic E-state index is 12.2. The zero-order chi connectivity index (χ0) is 16.8. The van der Waals surface area contributed by atoms with Crippen LogP contribution in [0.3, 0.4) is 0 Å². The van der Waals surface area contributed by atoms with Crippen molar-refractivity contribution in [1.29, 1.82) is 0 Å². The van der Waals surface area contributed by atoms with Crippen LogP contribution in [-0.2, 0) is 14.3 Å². The fourth-order valence-corrected chi connectivity index (χ4v) is 2.76. The van der Waals surface area contributed by atoms with Crippen molar-refractivity contribution in [2.45, 2.75) is 32.7 Å². The Morgan fingerprint density at radius 2 is 1.74 bits per heavy atom. The van der Waals surface area contributed by atoms with Crippen molar-refractivity contribution in [1.82, 2.24) is 5.32 Å². The third-order valence-electron chi connectivity index (χ3n) is 3.94. The lowest BCUT2D eigenvalue weighted by molar-refractivity contribution is -0.141. The van der Waals surface area contributed by atoms with Gasteiger partial charge in [-0.05, 0) is 29.2 Å². The number of ether oxygens (including phenoxy) is 1. The molecule has 2 atom stereocenters. The number of fused-ring (bicyclic) bond motifs is 1. The second-order valence-corrected chi connectivity index (χ2v) is 5.95. The smallest absolute Gasteiger partial charge is 0.305 e. The molecule has 23 heavy (non-hydrogen) atoms. The first-order valence-corrected chi connectivity index (χ1v) is 7.85. The number of methoxy groups -OCH3 is 1. The van der Waals surface area contributed by atoms with Gasteiger partial charge in [0.15, 0.2) is 0 Å². The molecule has 2 aromatic rings. The van der Waals surface area contributed by atoms with Crippen LogP contribution in [0.5, 0.6) is 0 Å². The van der Waals surface area contributed by atoms with E-state index in [2.05, 4.69) is 28.3 Å². The number of amides is 1. The summed E-state index contributed by atoms with van der Waals surface area (Å²) >= 11 is 0. The molecule has 0 unspecified atom stereocenters. The molecule has 0 bridgehead atoms. The summed E-state index contributed by atoms with van der Waals surface area (Å²) < 4.78 is 4.63.